The van der Waals surface area contributed by atoms with Crippen LogP contribution in [0.1, 0.15) is 18.0 Å². The van der Waals surface area contributed by atoms with Gasteiger partial charge in [0.25, 0.3) is 0 Å². The first-order valence-electron chi connectivity index (χ1n) is 4.29. The van der Waals surface area contributed by atoms with Gasteiger partial charge in [-0.1, -0.05) is 0 Å². The lowest BCUT2D eigenvalue weighted by atomic mass is 10.1. The van der Waals surface area contributed by atoms with Crippen molar-refractivity contribution < 1.29 is 4.74 Å². The summed E-state index contributed by atoms with van der Waals surface area (Å²) in [6.45, 7) is 0.737. The molecule has 1 N–H and O–H groups in total. The molecule has 72 valence electrons. The van der Waals surface area contributed by atoms with E-state index in [0.717, 1.165) is 18.6 Å². The van der Waals surface area contributed by atoms with E-state index in [4.69, 9.17) is 4.74 Å². The Bertz CT molecular complexity index is 228. The molecule has 1 aromatic heterocycles. The van der Waals surface area contributed by atoms with Crippen LogP contribution >= 0.6 is 0 Å². The molecule has 1 aromatic rings. The lowest BCUT2D eigenvalue weighted by Gasteiger charge is -2.14. The number of hydrogen-bond donors (Lipinski definition) is 1. The smallest absolute Gasteiger partial charge is 0.115 e. The third-order valence-corrected chi connectivity index (χ3v) is 1.94. The van der Waals surface area contributed by atoms with E-state index in [1.807, 2.05) is 19.4 Å². The predicted molar refractivity (Wildman–Crippen MR) is 50.3 cm³/mol. The van der Waals surface area contributed by atoms with Gasteiger partial charge in [-0.25, -0.2) is 9.97 Å². The summed E-state index contributed by atoms with van der Waals surface area (Å²) in [5.74, 6) is 0. The fourth-order valence-electron chi connectivity index (χ4n) is 1.20. The van der Waals surface area contributed by atoms with Crippen LogP contribution in [-0.2, 0) is 4.74 Å². The number of nitrogens with one attached hydrogen (secondary N) is 1. The molecule has 1 atom stereocenters. The fourth-order valence-corrected chi connectivity index (χ4v) is 1.20. The summed E-state index contributed by atoms with van der Waals surface area (Å²) >= 11 is 0. The van der Waals surface area contributed by atoms with E-state index in [2.05, 4.69) is 15.3 Å². The Morgan fingerprint density at radius 3 is 2.69 bits per heavy atom. The minimum Gasteiger partial charge on any atom is -0.385 e. The topological polar surface area (TPSA) is 47.0 Å². The van der Waals surface area contributed by atoms with Crippen molar-refractivity contribution in [3.05, 3.63) is 24.3 Å². The van der Waals surface area contributed by atoms with E-state index in [9.17, 15) is 0 Å². The van der Waals surface area contributed by atoms with Gasteiger partial charge in [0.2, 0.25) is 0 Å². The first-order valence-corrected chi connectivity index (χ1v) is 4.29. The fraction of sp³-hybridized carbons (Fsp3) is 0.556. The normalized spacial score (nSPS) is 12.8. The molecule has 1 heterocycles. The molecule has 0 saturated carbocycles. The maximum atomic E-state index is 5.01. The van der Waals surface area contributed by atoms with Gasteiger partial charge in [0.1, 0.15) is 6.33 Å². The van der Waals surface area contributed by atoms with Crippen LogP contribution in [0.5, 0.6) is 0 Å². The van der Waals surface area contributed by atoms with Crippen molar-refractivity contribution in [1.29, 1.82) is 0 Å². The molecule has 1 rings (SSSR count). The summed E-state index contributed by atoms with van der Waals surface area (Å²) < 4.78 is 5.01. The molecule has 0 aromatic carbocycles. The van der Waals surface area contributed by atoms with E-state index in [1.54, 1.807) is 7.11 Å². The molecule has 0 fully saturated rings. The van der Waals surface area contributed by atoms with Crippen LogP contribution in [0.25, 0.3) is 0 Å². The largest absolute Gasteiger partial charge is 0.385 e. The van der Waals surface area contributed by atoms with Crippen molar-refractivity contribution in [3.63, 3.8) is 0 Å². The second-order valence-corrected chi connectivity index (χ2v) is 2.79. The number of rotatable bonds is 5. The van der Waals surface area contributed by atoms with Crippen molar-refractivity contribution in [2.24, 2.45) is 0 Å². The van der Waals surface area contributed by atoms with Gasteiger partial charge in [0.15, 0.2) is 0 Å². The van der Waals surface area contributed by atoms with Crippen LogP contribution in [0, 0.1) is 0 Å². The highest BCUT2D eigenvalue weighted by Crippen LogP contribution is 2.13. The molecule has 0 aliphatic rings. The SMILES string of the molecule is CNC(CCOC)c1cncnc1. The second kappa shape index (κ2) is 5.61. The Labute approximate surface area is 78.4 Å². The van der Waals surface area contributed by atoms with Crippen LogP contribution in [0.2, 0.25) is 0 Å². The Morgan fingerprint density at radius 1 is 1.46 bits per heavy atom. The zero-order valence-corrected chi connectivity index (χ0v) is 8.03. The third kappa shape index (κ3) is 3.08. The number of nitrogens with zero attached hydrogens (tertiary/aromatic N) is 2. The van der Waals surface area contributed by atoms with Gasteiger partial charge in [0, 0.05) is 37.7 Å². The van der Waals surface area contributed by atoms with Crippen molar-refractivity contribution in [2.75, 3.05) is 20.8 Å². The molecular formula is C9H15N3O. The van der Waals surface area contributed by atoms with E-state index in [-0.39, 0.29) is 6.04 Å². The summed E-state index contributed by atoms with van der Waals surface area (Å²) in [6, 6.07) is 0.279. The van der Waals surface area contributed by atoms with Crippen molar-refractivity contribution in [1.82, 2.24) is 15.3 Å². The van der Waals surface area contributed by atoms with Gasteiger partial charge >= 0.3 is 0 Å². The zero-order valence-electron chi connectivity index (χ0n) is 8.03. The van der Waals surface area contributed by atoms with Gasteiger partial charge in [-0.3, -0.25) is 0 Å². The van der Waals surface area contributed by atoms with Gasteiger partial charge in [-0.15, -0.1) is 0 Å². The van der Waals surface area contributed by atoms with Crippen LogP contribution in [-0.4, -0.2) is 30.7 Å². The minimum atomic E-state index is 0.279. The molecule has 0 spiro atoms. The maximum Gasteiger partial charge on any atom is 0.115 e. The summed E-state index contributed by atoms with van der Waals surface area (Å²) in [4.78, 5) is 7.94. The molecule has 0 aliphatic carbocycles. The number of aromatic nitrogens is 2. The Hall–Kier alpha value is -1.00. The molecule has 0 radical (unpaired) electrons. The highest BCUT2D eigenvalue weighted by Gasteiger charge is 2.08. The molecule has 1 unspecified atom stereocenters. The van der Waals surface area contributed by atoms with Crippen LogP contribution in [0.4, 0.5) is 0 Å². The highest BCUT2D eigenvalue weighted by molar-refractivity contribution is 5.08. The van der Waals surface area contributed by atoms with Gasteiger partial charge in [0.05, 0.1) is 0 Å². The molecule has 13 heavy (non-hydrogen) atoms. The monoisotopic (exact) mass is 181 g/mol. The van der Waals surface area contributed by atoms with Gasteiger partial charge in [-0.2, -0.15) is 0 Å². The second-order valence-electron chi connectivity index (χ2n) is 2.79. The van der Waals surface area contributed by atoms with E-state index < -0.39 is 0 Å². The van der Waals surface area contributed by atoms with E-state index >= 15 is 0 Å². The average Bonchev–Trinajstić information content (AvgIpc) is 2.21. The predicted octanol–water partition coefficient (Wildman–Crippen LogP) is 0.774. The minimum absolute atomic E-state index is 0.279. The third-order valence-electron chi connectivity index (χ3n) is 1.94. The molecule has 4 nitrogen and oxygen atoms in total. The Morgan fingerprint density at radius 2 is 2.15 bits per heavy atom. The van der Waals surface area contributed by atoms with E-state index in [1.165, 1.54) is 6.33 Å². The maximum absolute atomic E-state index is 5.01. The lowest BCUT2D eigenvalue weighted by Crippen LogP contribution is -2.18. The molecule has 0 amide bonds. The first-order chi connectivity index (χ1) is 6.38. The Kier molecular flexibility index (Phi) is 4.35. The molecular weight excluding hydrogens is 166 g/mol. The summed E-state index contributed by atoms with van der Waals surface area (Å²) in [5, 5.41) is 3.19. The summed E-state index contributed by atoms with van der Waals surface area (Å²) in [7, 11) is 3.63. The lowest BCUT2D eigenvalue weighted by molar-refractivity contribution is 0.184. The zero-order chi connectivity index (χ0) is 9.52. The van der Waals surface area contributed by atoms with Gasteiger partial charge in [-0.05, 0) is 13.5 Å². The molecule has 0 saturated heterocycles. The van der Waals surface area contributed by atoms with Crippen molar-refractivity contribution in [2.45, 2.75) is 12.5 Å². The van der Waals surface area contributed by atoms with E-state index in [0.29, 0.717) is 0 Å². The van der Waals surface area contributed by atoms with Crippen molar-refractivity contribution >= 4 is 0 Å². The standard InChI is InChI=1S/C9H15N3O/c1-10-9(3-4-13-2)8-5-11-7-12-6-8/h5-7,9-10H,3-4H2,1-2H3. The van der Waals surface area contributed by atoms with Gasteiger partial charge < -0.3 is 10.1 Å². The number of methoxy groups -OCH3 is 1. The number of hydrogen-bond acceptors (Lipinski definition) is 4. The Balaban J connectivity index is 2.56. The quantitative estimate of drug-likeness (QED) is 0.729. The van der Waals surface area contributed by atoms with Crippen LogP contribution in [0.3, 0.4) is 0 Å². The number of ether oxygens (including phenoxy) is 1. The average molecular weight is 181 g/mol. The molecule has 0 bridgehead atoms. The summed E-state index contributed by atoms with van der Waals surface area (Å²) in [6.07, 6.45) is 6.11. The van der Waals surface area contributed by atoms with Crippen LogP contribution < -0.4 is 5.32 Å². The summed E-state index contributed by atoms with van der Waals surface area (Å²) in [5.41, 5.74) is 1.10. The molecule has 4 heteroatoms. The highest BCUT2D eigenvalue weighted by atomic mass is 16.5. The first kappa shape index (κ1) is 10.1. The van der Waals surface area contributed by atoms with Crippen molar-refractivity contribution in [3.8, 4) is 0 Å². The van der Waals surface area contributed by atoms with Crippen LogP contribution in [0.15, 0.2) is 18.7 Å². The molecule has 0 aliphatic heterocycles.